The summed E-state index contributed by atoms with van der Waals surface area (Å²) < 4.78 is 18.0. The number of hydrogen-bond donors (Lipinski definition) is 1. The van der Waals surface area contributed by atoms with Crippen molar-refractivity contribution in [3.8, 4) is 0 Å². The van der Waals surface area contributed by atoms with Gasteiger partial charge in [-0.25, -0.2) is 4.39 Å². The third-order valence-electron chi connectivity index (χ3n) is 2.36. The van der Waals surface area contributed by atoms with Crippen LogP contribution in [0.25, 0.3) is 0 Å². The van der Waals surface area contributed by atoms with Crippen LogP contribution in [0.2, 0.25) is 0 Å². The van der Waals surface area contributed by atoms with Crippen LogP contribution in [0.4, 0.5) is 4.39 Å². The molecule has 0 saturated heterocycles. The van der Waals surface area contributed by atoms with E-state index in [-0.39, 0.29) is 0 Å². The van der Waals surface area contributed by atoms with E-state index < -0.39 is 11.9 Å². The van der Waals surface area contributed by atoms with Gasteiger partial charge in [0.25, 0.3) is 0 Å². The first-order valence-corrected chi connectivity index (χ1v) is 4.86. The van der Waals surface area contributed by atoms with Gasteiger partial charge in [-0.1, -0.05) is 0 Å². The Morgan fingerprint density at radius 1 is 1.47 bits per heavy atom. The molecule has 80 valence electrons. The number of aromatic nitrogens is 1. The van der Waals surface area contributed by atoms with E-state index in [2.05, 4.69) is 4.98 Å². The second-order valence-electron chi connectivity index (χ2n) is 3.51. The number of aliphatic hydroxyl groups is 1. The van der Waals surface area contributed by atoms with E-state index in [9.17, 15) is 9.50 Å². The van der Waals surface area contributed by atoms with Crippen LogP contribution in [-0.4, -0.2) is 16.7 Å². The molecule has 0 saturated carbocycles. The smallest absolute Gasteiger partial charge is 0.141 e. The summed E-state index contributed by atoms with van der Waals surface area (Å²) in [5.74, 6) is -0.441. The molecule has 0 bridgehead atoms. The number of aliphatic hydroxyl groups excluding tert-OH is 1. The van der Waals surface area contributed by atoms with E-state index in [1.54, 1.807) is 6.26 Å². The lowest BCUT2D eigenvalue weighted by molar-refractivity contribution is 0.170. The fourth-order valence-electron chi connectivity index (χ4n) is 1.58. The molecule has 1 aliphatic rings. The maximum atomic E-state index is 12.9. The van der Waals surface area contributed by atoms with Crippen LogP contribution in [0.1, 0.15) is 24.5 Å². The second-order valence-corrected chi connectivity index (χ2v) is 3.51. The summed E-state index contributed by atoms with van der Waals surface area (Å²) in [6.45, 7) is 0.678. The highest BCUT2D eigenvalue weighted by Gasteiger charge is 2.16. The van der Waals surface area contributed by atoms with Crippen LogP contribution in [0.5, 0.6) is 0 Å². The number of pyridine rings is 1. The molecule has 0 spiro atoms. The number of rotatable bonds is 2. The molecule has 0 aromatic carbocycles. The SMILES string of the molecule is OC(C1=COCCC1)c1cncc(F)c1. The van der Waals surface area contributed by atoms with Crippen LogP contribution in [-0.2, 0) is 4.74 Å². The Bertz CT molecular complexity index is 379. The highest BCUT2D eigenvalue weighted by atomic mass is 19.1. The molecule has 1 N–H and O–H groups in total. The van der Waals surface area contributed by atoms with Gasteiger partial charge in [-0.15, -0.1) is 0 Å². The van der Waals surface area contributed by atoms with E-state index in [1.807, 2.05) is 0 Å². The van der Waals surface area contributed by atoms with Crippen molar-refractivity contribution in [2.24, 2.45) is 0 Å². The molecule has 1 aromatic heterocycles. The van der Waals surface area contributed by atoms with Crippen molar-refractivity contribution >= 4 is 0 Å². The van der Waals surface area contributed by atoms with Gasteiger partial charge in [0.05, 0.1) is 19.1 Å². The number of hydrogen-bond acceptors (Lipinski definition) is 3. The van der Waals surface area contributed by atoms with Gasteiger partial charge in [-0.05, 0) is 24.5 Å². The minimum absolute atomic E-state index is 0.441. The molecule has 0 amide bonds. The van der Waals surface area contributed by atoms with Crippen molar-refractivity contribution in [2.45, 2.75) is 18.9 Å². The van der Waals surface area contributed by atoms with Gasteiger partial charge in [0.1, 0.15) is 11.9 Å². The minimum atomic E-state index is -0.812. The molecule has 3 nitrogen and oxygen atoms in total. The van der Waals surface area contributed by atoms with Gasteiger partial charge in [0.2, 0.25) is 0 Å². The summed E-state index contributed by atoms with van der Waals surface area (Å²) in [4.78, 5) is 3.70. The van der Waals surface area contributed by atoms with Crippen LogP contribution >= 0.6 is 0 Å². The summed E-state index contributed by atoms with van der Waals surface area (Å²) in [6, 6.07) is 1.28. The highest BCUT2D eigenvalue weighted by Crippen LogP contribution is 2.27. The largest absolute Gasteiger partial charge is 0.501 e. The van der Waals surface area contributed by atoms with Gasteiger partial charge in [0.15, 0.2) is 0 Å². The molecule has 4 heteroatoms. The average molecular weight is 209 g/mol. The maximum Gasteiger partial charge on any atom is 0.141 e. The Morgan fingerprint density at radius 3 is 3.00 bits per heavy atom. The average Bonchev–Trinajstić information content (AvgIpc) is 2.29. The van der Waals surface area contributed by atoms with Crippen molar-refractivity contribution in [2.75, 3.05) is 6.61 Å². The van der Waals surface area contributed by atoms with E-state index in [4.69, 9.17) is 4.74 Å². The summed E-state index contributed by atoms with van der Waals surface area (Å²) in [7, 11) is 0. The zero-order chi connectivity index (χ0) is 10.7. The lowest BCUT2D eigenvalue weighted by Gasteiger charge is -2.18. The third kappa shape index (κ3) is 2.33. The molecule has 0 radical (unpaired) electrons. The standard InChI is InChI=1S/C11H12FNO2/c12-10-4-9(5-13-6-10)11(14)8-2-1-3-15-7-8/h4-7,11,14H,1-3H2. The number of nitrogens with zero attached hydrogens (tertiary/aromatic N) is 1. The van der Waals surface area contributed by atoms with Crippen LogP contribution in [0, 0.1) is 5.82 Å². The van der Waals surface area contributed by atoms with Crippen molar-refractivity contribution in [3.05, 3.63) is 41.7 Å². The number of ether oxygens (including phenoxy) is 1. The third-order valence-corrected chi connectivity index (χ3v) is 2.36. The normalized spacial score (nSPS) is 17.9. The lowest BCUT2D eigenvalue weighted by Crippen LogP contribution is -2.08. The molecule has 1 atom stereocenters. The van der Waals surface area contributed by atoms with Gasteiger partial charge < -0.3 is 9.84 Å². The lowest BCUT2D eigenvalue weighted by atomic mass is 9.99. The fourth-order valence-corrected chi connectivity index (χ4v) is 1.58. The predicted molar refractivity (Wildman–Crippen MR) is 52.4 cm³/mol. The van der Waals surface area contributed by atoms with Gasteiger partial charge in [-0.3, -0.25) is 4.98 Å². The summed E-state index contributed by atoms with van der Waals surface area (Å²) in [6.07, 6.45) is 4.97. The van der Waals surface area contributed by atoms with Gasteiger partial charge in [0, 0.05) is 11.8 Å². The first-order chi connectivity index (χ1) is 7.27. The monoisotopic (exact) mass is 209 g/mol. The molecule has 0 aliphatic carbocycles. The highest BCUT2D eigenvalue weighted by molar-refractivity contribution is 5.23. The predicted octanol–water partition coefficient (Wildman–Crippen LogP) is 1.95. The zero-order valence-corrected chi connectivity index (χ0v) is 8.19. The minimum Gasteiger partial charge on any atom is -0.501 e. The van der Waals surface area contributed by atoms with E-state index >= 15 is 0 Å². The maximum absolute atomic E-state index is 12.9. The molecule has 15 heavy (non-hydrogen) atoms. The summed E-state index contributed by atoms with van der Waals surface area (Å²) >= 11 is 0. The first-order valence-electron chi connectivity index (χ1n) is 4.86. The fraction of sp³-hybridized carbons (Fsp3) is 0.364. The Balaban J connectivity index is 2.19. The zero-order valence-electron chi connectivity index (χ0n) is 8.19. The van der Waals surface area contributed by atoms with Crippen LogP contribution < -0.4 is 0 Å². The van der Waals surface area contributed by atoms with Crippen molar-refractivity contribution in [3.63, 3.8) is 0 Å². The van der Waals surface area contributed by atoms with E-state index in [1.165, 1.54) is 12.3 Å². The molecule has 2 heterocycles. The Hall–Kier alpha value is -1.42. The number of halogens is 1. The second kappa shape index (κ2) is 4.40. The van der Waals surface area contributed by atoms with Crippen molar-refractivity contribution in [1.82, 2.24) is 4.98 Å². The molecule has 1 aromatic rings. The molecule has 0 fully saturated rings. The molecular weight excluding hydrogens is 197 g/mol. The summed E-state index contributed by atoms with van der Waals surface area (Å²) in [5, 5.41) is 9.91. The van der Waals surface area contributed by atoms with Crippen molar-refractivity contribution < 1.29 is 14.2 Å². The van der Waals surface area contributed by atoms with Gasteiger partial charge in [-0.2, -0.15) is 0 Å². The van der Waals surface area contributed by atoms with E-state index in [0.29, 0.717) is 12.2 Å². The summed E-state index contributed by atoms with van der Waals surface area (Å²) in [5.41, 5.74) is 1.24. The molecular formula is C11H12FNO2. The van der Waals surface area contributed by atoms with E-state index in [0.717, 1.165) is 24.6 Å². The van der Waals surface area contributed by atoms with Crippen LogP contribution in [0.15, 0.2) is 30.3 Å². The van der Waals surface area contributed by atoms with Gasteiger partial charge >= 0.3 is 0 Å². The first kappa shape index (κ1) is 10.1. The Kier molecular flexibility index (Phi) is 2.97. The topological polar surface area (TPSA) is 42.4 Å². The Labute approximate surface area is 87.2 Å². The molecule has 2 rings (SSSR count). The van der Waals surface area contributed by atoms with Crippen molar-refractivity contribution in [1.29, 1.82) is 0 Å². The Morgan fingerprint density at radius 2 is 2.33 bits per heavy atom. The quantitative estimate of drug-likeness (QED) is 0.809. The molecule has 1 unspecified atom stereocenters. The molecule has 1 aliphatic heterocycles. The van der Waals surface area contributed by atoms with Crippen LogP contribution in [0.3, 0.4) is 0 Å².